The highest BCUT2D eigenvalue weighted by atomic mass is 16.5. The van der Waals surface area contributed by atoms with E-state index in [1.807, 2.05) is 0 Å². The van der Waals surface area contributed by atoms with E-state index < -0.39 is 5.97 Å². The molecule has 0 aromatic carbocycles. The van der Waals surface area contributed by atoms with Crippen molar-refractivity contribution in [1.82, 2.24) is 14.7 Å². The Bertz CT molecular complexity index is 370. The highest BCUT2D eigenvalue weighted by Gasteiger charge is 2.12. The van der Waals surface area contributed by atoms with E-state index in [0.29, 0.717) is 5.69 Å². The molecule has 0 saturated heterocycles. The second-order valence-electron chi connectivity index (χ2n) is 3.17. The van der Waals surface area contributed by atoms with Gasteiger partial charge in [-0.15, -0.1) is 0 Å². The molecule has 15 heavy (non-hydrogen) atoms. The number of methoxy groups -OCH3 is 1. The highest BCUT2D eigenvalue weighted by molar-refractivity contribution is 5.91. The van der Waals surface area contributed by atoms with Crippen LogP contribution in [0.25, 0.3) is 0 Å². The molecular formula is C9H13N3O3. The van der Waals surface area contributed by atoms with Gasteiger partial charge in [0.2, 0.25) is 0 Å². The maximum Gasteiger partial charge on any atom is 0.327 e. The summed E-state index contributed by atoms with van der Waals surface area (Å²) < 4.78 is 5.84. The van der Waals surface area contributed by atoms with Gasteiger partial charge in [0.25, 0.3) is 5.91 Å². The van der Waals surface area contributed by atoms with E-state index in [1.165, 1.54) is 16.7 Å². The smallest absolute Gasteiger partial charge is 0.327 e. The number of amides is 1. The fourth-order valence-electron chi connectivity index (χ4n) is 0.990. The number of hydrogen-bond acceptors (Lipinski definition) is 4. The number of aromatic nitrogens is 2. The zero-order chi connectivity index (χ0) is 11.4. The number of rotatable bonds is 3. The van der Waals surface area contributed by atoms with Gasteiger partial charge in [0, 0.05) is 20.3 Å². The summed E-state index contributed by atoms with van der Waals surface area (Å²) in [5.74, 6) is -0.597. The van der Waals surface area contributed by atoms with Crippen molar-refractivity contribution < 1.29 is 14.3 Å². The first kappa shape index (κ1) is 11.2. The Morgan fingerprint density at radius 1 is 1.53 bits per heavy atom. The van der Waals surface area contributed by atoms with Crippen molar-refractivity contribution in [3.63, 3.8) is 0 Å². The average Bonchev–Trinajstić information content (AvgIpc) is 2.64. The molecule has 0 aliphatic carbocycles. The lowest BCUT2D eigenvalue weighted by atomic mass is 10.4. The Hall–Kier alpha value is -1.85. The van der Waals surface area contributed by atoms with Gasteiger partial charge in [0.1, 0.15) is 12.2 Å². The predicted octanol–water partition coefficient (Wildman–Crippen LogP) is -0.242. The maximum absolute atomic E-state index is 11.4. The topological polar surface area (TPSA) is 64.4 Å². The summed E-state index contributed by atoms with van der Waals surface area (Å²) in [6.45, 7) is 0.0111. The molecule has 0 saturated carbocycles. The molecule has 0 radical (unpaired) electrons. The van der Waals surface area contributed by atoms with Gasteiger partial charge in [-0.1, -0.05) is 0 Å². The third-order valence-corrected chi connectivity index (χ3v) is 1.78. The van der Waals surface area contributed by atoms with Crippen LogP contribution in [0.5, 0.6) is 0 Å². The van der Waals surface area contributed by atoms with Crippen molar-refractivity contribution in [2.45, 2.75) is 6.54 Å². The van der Waals surface area contributed by atoms with Crippen LogP contribution < -0.4 is 0 Å². The van der Waals surface area contributed by atoms with E-state index in [0.717, 1.165) is 0 Å². The Balaban J connectivity index is 2.72. The number of carbonyl (C=O) groups excluding carboxylic acids is 2. The summed E-state index contributed by atoms with van der Waals surface area (Å²) in [6.07, 6.45) is 1.56. The summed E-state index contributed by atoms with van der Waals surface area (Å²) in [5, 5.41) is 3.94. The van der Waals surface area contributed by atoms with Gasteiger partial charge in [0.15, 0.2) is 0 Å². The molecule has 6 heteroatoms. The fraction of sp³-hybridized carbons (Fsp3) is 0.444. The average molecular weight is 211 g/mol. The van der Waals surface area contributed by atoms with Gasteiger partial charge < -0.3 is 9.64 Å². The van der Waals surface area contributed by atoms with Crippen molar-refractivity contribution in [2.75, 3.05) is 21.2 Å². The summed E-state index contributed by atoms with van der Waals surface area (Å²) >= 11 is 0. The van der Waals surface area contributed by atoms with E-state index in [-0.39, 0.29) is 12.5 Å². The molecule has 0 fully saturated rings. The van der Waals surface area contributed by atoms with Crippen molar-refractivity contribution >= 4 is 11.9 Å². The molecule has 0 unspecified atom stereocenters. The Kier molecular flexibility index (Phi) is 3.43. The molecule has 0 aliphatic heterocycles. The standard InChI is InChI=1S/C9H13N3O3/c1-11(2)9(14)7-4-5-12(10-7)6-8(13)15-3/h4-5H,6H2,1-3H3. The van der Waals surface area contributed by atoms with Crippen LogP contribution in [0.3, 0.4) is 0 Å². The van der Waals surface area contributed by atoms with Crippen LogP contribution in [-0.2, 0) is 16.1 Å². The molecule has 0 spiro atoms. The zero-order valence-electron chi connectivity index (χ0n) is 8.93. The molecule has 1 rings (SSSR count). The molecule has 82 valence electrons. The molecule has 1 amide bonds. The summed E-state index contributed by atoms with van der Waals surface area (Å²) in [5.41, 5.74) is 0.309. The molecular weight excluding hydrogens is 198 g/mol. The minimum absolute atomic E-state index is 0.0111. The fourth-order valence-corrected chi connectivity index (χ4v) is 0.990. The third kappa shape index (κ3) is 2.80. The number of nitrogens with zero attached hydrogens (tertiary/aromatic N) is 3. The first-order valence-electron chi connectivity index (χ1n) is 4.36. The molecule has 1 aromatic heterocycles. The van der Waals surface area contributed by atoms with Crippen molar-refractivity contribution in [3.05, 3.63) is 18.0 Å². The quantitative estimate of drug-likeness (QED) is 0.647. The van der Waals surface area contributed by atoms with Gasteiger partial charge >= 0.3 is 5.97 Å². The zero-order valence-corrected chi connectivity index (χ0v) is 8.93. The van der Waals surface area contributed by atoms with Crippen LogP contribution in [0.1, 0.15) is 10.5 Å². The van der Waals surface area contributed by atoms with E-state index in [1.54, 1.807) is 26.4 Å². The molecule has 0 aliphatic rings. The Morgan fingerprint density at radius 2 is 2.20 bits per heavy atom. The van der Waals surface area contributed by atoms with E-state index in [2.05, 4.69) is 9.84 Å². The van der Waals surface area contributed by atoms with Crippen LogP contribution in [-0.4, -0.2) is 47.8 Å². The van der Waals surface area contributed by atoms with E-state index in [4.69, 9.17) is 0 Å². The molecule has 6 nitrogen and oxygen atoms in total. The minimum atomic E-state index is -0.401. The van der Waals surface area contributed by atoms with Gasteiger partial charge in [0.05, 0.1) is 7.11 Å². The first-order chi connectivity index (χ1) is 7.04. The molecule has 0 bridgehead atoms. The lowest BCUT2D eigenvalue weighted by molar-refractivity contribution is -0.141. The van der Waals surface area contributed by atoms with Crippen LogP contribution >= 0.6 is 0 Å². The van der Waals surface area contributed by atoms with Crippen molar-refractivity contribution in [3.8, 4) is 0 Å². The Labute approximate surface area is 87.4 Å². The van der Waals surface area contributed by atoms with Gasteiger partial charge in [-0.3, -0.25) is 14.3 Å². The van der Waals surface area contributed by atoms with E-state index >= 15 is 0 Å². The van der Waals surface area contributed by atoms with Crippen LogP contribution in [0, 0.1) is 0 Å². The van der Waals surface area contributed by atoms with Gasteiger partial charge in [-0.2, -0.15) is 5.10 Å². The lowest BCUT2D eigenvalue weighted by Crippen LogP contribution is -2.22. The Morgan fingerprint density at radius 3 is 2.73 bits per heavy atom. The normalized spacial score (nSPS) is 9.80. The van der Waals surface area contributed by atoms with Crippen molar-refractivity contribution in [1.29, 1.82) is 0 Å². The monoisotopic (exact) mass is 211 g/mol. The number of hydrogen-bond donors (Lipinski definition) is 0. The van der Waals surface area contributed by atoms with Crippen molar-refractivity contribution in [2.24, 2.45) is 0 Å². The maximum atomic E-state index is 11.4. The van der Waals surface area contributed by atoms with E-state index in [9.17, 15) is 9.59 Å². The molecule has 1 heterocycles. The van der Waals surface area contributed by atoms with Crippen LogP contribution in [0.2, 0.25) is 0 Å². The first-order valence-corrected chi connectivity index (χ1v) is 4.36. The van der Waals surface area contributed by atoms with Gasteiger partial charge in [-0.25, -0.2) is 0 Å². The lowest BCUT2D eigenvalue weighted by Gasteiger charge is -2.06. The summed E-state index contributed by atoms with van der Waals surface area (Å²) in [7, 11) is 4.58. The van der Waals surface area contributed by atoms with Crippen LogP contribution in [0.15, 0.2) is 12.3 Å². The van der Waals surface area contributed by atoms with Crippen LogP contribution in [0.4, 0.5) is 0 Å². The second kappa shape index (κ2) is 4.59. The largest absolute Gasteiger partial charge is 0.468 e. The predicted molar refractivity (Wildman–Crippen MR) is 52.3 cm³/mol. The highest BCUT2D eigenvalue weighted by Crippen LogP contribution is 1.99. The van der Waals surface area contributed by atoms with Gasteiger partial charge in [-0.05, 0) is 6.07 Å². The molecule has 0 N–H and O–H groups in total. The summed E-state index contributed by atoms with van der Waals surface area (Å²) in [4.78, 5) is 23.8. The second-order valence-corrected chi connectivity index (χ2v) is 3.17. The third-order valence-electron chi connectivity index (χ3n) is 1.78. The minimum Gasteiger partial charge on any atom is -0.468 e. The SMILES string of the molecule is COC(=O)Cn1ccc(C(=O)N(C)C)n1. The summed E-state index contributed by atoms with van der Waals surface area (Å²) in [6, 6.07) is 1.56. The number of esters is 1. The molecule has 1 aromatic rings. The number of ether oxygens (including phenoxy) is 1. The molecule has 0 atom stereocenters. The number of carbonyl (C=O) groups is 2.